The fourth-order valence-electron chi connectivity index (χ4n) is 1.67. The molecule has 1 aliphatic carbocycles. The van der Waals surface area contributed by atoms with E-state index in [0.29, 0.717) is 18.9 Å². The van der Waals surface area contributed by atoms with Crippen LogP contribution in [-0.4, -0.2) is 12.4 Å². The Morgan fingerprint density at radius 2 is 2.25 bits per heavy atom. The van der Waals surface area contributed by atoms with E-state index in [1.165, 1.54) is 12.8 Å². The number of ketones is 1. The number of rotatable bonds is 5. The van der Waals surface area contributed by atoms with Gasteiger partial charge in [-0.1, -0.05) is 0 Å². The van der Waals surface area contributed by atoms with Crippen LogP contribution in [0.15, 0.2) is 22.7 Å². The summed E-state index contributed by atoms with van der Waals surface area (Å²) in [4.78, 5) is 11.9. The van der Waals surface area contributed by atoms with E-state index in [2.05, 4.69) is 15.9 Å². The Bertz CT molecular complexity index is 397. The molecule has 1 aromatic rings. The van der Waals surface area contributed by atoms with E-state index in [-0.39, 0.29) is 5.78 Å². The van der Waals surface area contributed by atoms with E-state index in [0.717, 1.165) is 15.8 Å². The highest BCUT2D eigenvalue weighted by Gasteiger charge is 2.25. The first kappa shape index (κ1) is 11.6. The van der Waals surface area contributed by atoms with Gasteiger partial charge in [0.2, 0.25) is 0 Å². The summed E-state index contributed by atoms with van der Waals surface area (Å²) in [7, 11) is 0. The molecule has 0 atom stereocenters. The monoisotopic (exact) mass is 282 g/mol. The Balaban J connectivity index is 2.11. The summed E-state index contributed by atoms with van der Waals surface area (Å²) in [6.07, 6.45) is 3.10. The molecule has 0 aromatic heterocycles. The van der Waals surface area contributed by atoms with Gasteiger partial charge in [-0.15, -0.1) is 0 Å². The first-order chi connectivity index (χ1) is 7.70. The molecule has 0 radical (unpaired) electrons. The van der Waals surface area contributed by atoms with Crippen LogP contribution in [0.1, 0.15) is 36.5 Å². The van der Waals surface area contributed by atoms with Gasteiger partial charge < -0.3 is 4.74 Å². The second kappa shape index (κ2) is 5.00. The van der Waals surface area contributed by atoms with Gasteiger partial charge in [0.15, 0.2) is 5.78 Å². The molecule has 0 saturated heterocycles. The second-order valence-electron chi connectivity index (χ2n) is 4.15. The lowest BCUT2D eigenvalue weighted by atomic mass is 10.1. The fourth-order valence-corrected chi connectivity index (χ4v) is 2.25. The van der Waals surface area contributed by atoms with Crippen LogP contribution in [0.2, 0.25) is 0 Å². The topological polar surface area (TPSA) is 26.3 Å². The van der Waals surface area contributed by atoms with Crippen LogP contribution in [0.4, 0.5) is 0 Å². The van der Waals surface area contributed by atoms with Gasteiger partial charge in [-0.2, -0.15) is 0 Å². The summed E-state index contributed by atoms with van der Waals surface area (Å²) in [5.74, 6) is 1.67. The van der Waals surface area contributed by atoms with Crippen LogP contribution < -0.4 is 4.74 Å². The van der Waals surface area contributed by atoms with E-state index in [9.17, 15) is 4.79 Å². The highest BCUT2D eigenvalue weighted by Crippen LogP contribution is 2.34. The SMILES string of the molecule is CCOc1ccc(C(=O)CC2CC2)c(Br)c1. The first-order valence-electron chi connectivity index (χ1n) is 5.66. The number of carbonyl (C=O) groups is 1. The molecule has 0 unspecified atom stereocenters. The molecule has 16 heavy (non-hydrogen) atoms. The predicted octanol–water partition coefficient (Wildman–Crippen LogP) is 3.83. The molecule has 0 bridgehead atoms. The van der Waals surface area contributed by atoms with Crippen molar-refractivity contribution in [2.75, 3.05) is 6.61 Å². The third-order valence-corrected chi connectivity index (χ3v) is 3.38. The van der Waals surface area contributed by atoms with Gasteiger partial charge in [0, 0.05) is 16.5 Å². The van der Waals surface area contributed by atoms with Gasteiger partial charge in [0.25, 0.3) is 0 Å². The van der Waals surface area contributed by atoms with Gasteiger partial charge in [-0.05, 0) is 59.8 Å². The van der Waals surface area contributed by atoms with Gasteiger partial charge in [0.1, 0.15) is 5.75 Å². The first-order valence-corrected chi connectivity index (χ1v) is 6.45. The summed E-state index contributed by atoms with van der Waals surface area (Å²) < 4.78 is 6.21. The molecule has 1 aliphatic rings. The lowest BCUT2D eigenvalue weighted by Crippen LogP contribution is -2.02. The van der Waals surface area contributed by atoms with Crippen molar-refractivity contribution in [3.05, 3.63) is 28.2 Å². The Kier molecular flexibility index (Phi) is 3.64. The van der Waals surface area contributed by atoms with Crippen molar-refractivity contribution in [1.82, 2.24) is 0 Å². The zero-order chi connectivity index (χ0) is 11.5. The number of Topliss-reactive ketones (excluding diaryl/α,β-unsaturated/α-hetero) is 1. The average molecular weight is 283 g/mol. The Hall–Kier alpha value is -0.830. The third-order valence-electron chi connectivity index (χ3n) is 2.72. The highest BCUT2D eigenvalue weighted by atomic mass is 79.9. The highest BCUT2D eigenvalue weighted by molar-refractivity contribution is 9.10. The standard InChI is InChI=1S/C13H15BrO2/c1-2-16-10-5-6-11(12(14)8-10)13(15)7-9-3-4-9/h5-6,8-9H,2-4,7H2,1H3. The molecule has 2 rings (SSSR count). The van der Waals surface area contributed by atoms with Crippen molar-refractivity contribution in [2.45, 2.75) is 26.2 Å². The molecule has 1 fully saturated rings. The molecule has 1 saturated carbocycles. The molecular formula is C13H15BrO2. The molecule has 86 valence electrons. The van der Waals surface area contributed by atoms with Crippen LogP contribution in [0.25, 0.3) is 0 Å². The van der Waals surface area contributed by atoms with Crippen LogP contribution in [0.5, 0.6) is 5.75 Å². The molecule has 1 aromatic carbocycles. The van der Waals surface area contributed by atoms with Crippen LogP contribution in [-0.2, 0) is 0 Å². The molecule has 0 spiro atoms. The van der Waals surface area contributed by atoms with Crippen LogP contribution >= 0.6 is 15.9 Å². The molecule has 0 N–H and O–H groups in total. The van der Waals surface area contributed by atoms with E-state index in [1.54, 1.807) is 0 Å². The van der Waals surface area contributed by atoms with E-state index < -0.39 is 0 Å². The van der Waals surface area contributed by atoms with Crippen molar-refractivity contribution < 1.29 is 9.53 Å². The van der Waals surface area contributed by atoms with Crippen LogP contribution in [0.3, 0.4) is 0 Å². The van der Waals surface area contributed by atoms with E-state index >= 15 is 0 Å². The lowest BCUT2D eigenvalue weighted by Gasteiger charge is -2.07. The largest absolute Gasteiger partial charge is 0.494 e. The van der Waals surface area contributed by atoms with Gasteiger partial charge >= 0.3 is 0 Å². The minimum absolute atomic E-state index is 0.234. The maximum atomic E-state index is 11.9. The summed E-state index contributed by atoms with van der Waals surface area (Å²) in [6, 6.07) is 5.57. The van der Waals surface area contributed by atoms with Crippen LogP contribution in [0, 0.1) is 5.92 Å². The normalized spacial score (nSPS) is 14.9. The summed E-state index contributed by atoms with van der Waals surface area (Å²) in [6.45, 7) is 2.59. The Morgan fingerprint density at radius 3 is 2.81 bits per heavy atom. The number of halogens is 1. The average Bonchev–Trinajstić information content (AvgIpc) is 3.02. The van der Waals surface area contributed by atoms with E-state index in [4.69, 9.17) is 4.74 Å². The lowest BCUT2D eigenvalue weighted by molar-refractivity contribution is 0.0975. The maximum Gasteiger partial charge on any atom is 0.164 e. The minimum Gasteiger partial charge on any atom is -0.494 e. The number of ether oxygens (including phenoxy) is 1. The maximum absolute atomic E-state index is 11.9. The summed E-state index contributed by atoms with van der Waals surface area (Å²) >= 11 is 3.43. The molecule has 3 heteroatoms. The van der Waals surface area contributed by atoms with Gasteiger partial charge in [-0.3, -0.25) is 4.79 Å². The smallest absolute Gasteiger partial charge is 0.164 e. The van der Waals surface area contributed by atoms with Gasteiger partial charge in [-0.25, -0.2) is 0 Å². The third kappa shape index (κ3) is 2.85. The number of hydrogen-bond acceptors (Lipinski definition) is 2. The Labute approximate surface area is 104 Å². The number of hydrogen-bond donors (Lipinski definition) is 0. The molecular weight excluding hydrogens is 268 g/mol. The quantitative estimate of drug-likeness (QED) is 0.768. The van der Waals surface area contributed by atoms with Crippen molar-refractivity contribution in [1.29, 1.82) is 0 Å². The van der Waals surface area contributed by atoms with Crippen molar-refractivity contribution in [3.63, 3.8) is 0 Å². The Morgan fingerprint density at radius 1 is 1.50 bits per heavy atom. The van der Waals surface area contributed by atoms with E-state index in [1.807, 2.05) is 25.1 Å². The molecule has 0 amide bonds. The molecule has 0 heterocycles. The van der Waals surface area contributed by atoms with Crippen molar-refractivity contribution >= 4 is 21.7 Å². The molecule has 2 nitrogen and oxygen atoms in total. The van der Waals surface area contributed by atoms with Crippen molar-refractivity contribution in [3.8, 4) is 5.75 Å². The molecule has 0 aliphatic heterocycles. The second-order valence-corrected chi connectivity index (χ2v) is 5.00. The fraction of sp³-hybridized carbons (Fsp3) is 0.462. The number of carbonyl (C=O) groups excluding carboxylic acids is 1. The summed E-state index contributed by atoms with van der Waals surface area (Å²) in [5, 5.41) is 0. The van der Waals surface area contributed by atoms with Gasteiger partial charge in [0.05, 0.1) is 6.61 Å². The summed E-state index contributed by atoms with van der Waals surface area (Å²) in [5.41, 5.74) is 0.773. The predicted molar refractivity (Wildman–Crippen MR) is 67.0 cm³/mol. The zero-order valence-corrected chi connectivity index (χ0v) is 10.9. The van der Waals surface area contributed by atoms with Crippen molar-refractivity contribution in [2.24, 2.45) is 5.92 Å². The minimum atomic E-state index is 0.234. The number of benzene rings is 1. The zero-order valence-electron chi connectivity index (χ0n) is 9.33.